The van der Waals surface area contributed by atoms with Gasteiger partial charge in [0.05, 0.1) is 4.91 Å². The second-order valence-electron chi connectivity index (χ2n) is 5.83. The molecule has 1 N–H and O–H groups in total. The summed E-state index contributed by atoms with van der Waals surface area (Å²) in [7, 11) is 0. The molecule has 1 heterocycles. The van der Waals surface area contributed by atoms with Crippen LogP contribution in [0.1, 0.15) is 45.2 Å². The fourth-order valence-corrected chi connectivity index (χ4v) is 3.04. The molecule has 1 aliphatic rings. The number of rotatable bonds is 2. The van der Waals surface area contributed by atoms with Crippen molar-refractivity contribution in [2.45, 2.75) is 39.5 Å². The summed E-state index contributed by atoms with van der Waals surface area (Å²) >= 11 is 0.991. The maximum absolute atomic E-state index is 11.8. The summed E-state index contributed by atoms with van der Waals surface area (Å²) in [4.78, 5) is 23.6. The molecule has 0 atom stereocenters. The monoisotopic (exact) mass is 289 g/mol. The van der Waals surface area contributed by atoms with E-state index in [2.05, 4.69) is 38.2 Å². The number of benzene rings is 1. The largest absolute Gasteiger partial charge is 0.290 e. The van der Waals surface area contributed by atoms with Crippen LogP contribution in [0.4, 0.5) is 4.79 Å². The Kier molecular flexibility index (Phi) is 4.04. The number of carbonyl (C=O) groups excluding carboxylic acids is 2. The quantitative estimate of drug-likeness (QED) is 0.834. The third-order valence-electron chi connectivity index (χ3n) is 3.34. The van der Waals surface area contributed by atoms with Gasteiger partial charge in [0.2, 0.25) is 0 Å². The van der Waals surface area contributed by atoms with Crippen LogP contribution >= 0.6 is 11.8 Å². The number of allylic oxidation sites excluding steroid dienone is 1. The Labute approximate surface area is 123 Å². The van der Waals surface area contributed by atoms with E-state index < -0.39 is 0 Å². The minimum Gasteiger partial charge on any atom is -0.282 e. The summed E-state index contributed by atoms with van der Waals surface area (Å²) in [5.41, 5.74) is 3.29. The zero-order valence-electron chi connectivity index (χ0n) is 12.2. The number of nitrogens with one attached hydrogen (secondary N) is 1. The van der Waals surface area contributed by atoms with Gasteiger partial charge in [-0.15, -0.1) is 0 Å². The van der Waals surface area contributed by atoms with Crippen LogP contribution in [0.2, 0.25) is 0 Å². The molecule has 3 nitrogen and oxygen atoms in total. The van der Waals surface area contributed by atoms with Crippen molar-refractivity contribution in [3.05, 3.63) is 40.3 Å². The Morgan fingerprint density at radius 1 is 1.15 bits per heavy atom. The average Bonchev–Trinajstić information content (AvgIpc) is 2.69. The van der Waals surface area contributed by atoms with Gasteiger partial charge in [-0.2, -0.15) is 0 Å². The van der Waals surface area contributed by atoms with E-state index in [1.807, 2.05) is 19.1 Å². The lowest BCUT2D eigenvalue weighted by Gasteiger charge is -2.19. The zero-order valence-corrected chi connectivity index (χ0v) is 13.1. The molecule has 0 aromatic heterocycles. The van der Waals surface area contributed by atoms with Crippen molar-refractivity contribution in [3.63, 3.8) is 0 Å². The molecule has 0 unspecified atom stereocenters. The predicted octanol–water partition coefficient (Wildman–Crippen LogP) is 4.09. The first-order chi connectivity index (χ1) is 9.32. The highest BCUT2D eigenvalue weighted by molar-refractivity contribution is 8.18. The lowest BCUT2D eigenvalue weighted by Crippen LogP contribution is -2.18. The summed E-state index contributed by atoms with van der Waals surface area (Å²) in [5, 5.41) is 2.02. The molecular weight excluding hydrogens is 270 g/mol. The summed E-state index contributed by atoms with van der Waals surface area (Å²) < 4.78 is 0. The van der Waals surface area contributed by atoms with Crippen molar-refractivity contribution >= 4 is 28.5 Å². The van der Waals surface area contributed by atoms with Gasteiger partial charge in [0, 0.05) is 0 Å². The topological polar surface area (TPSA) is 46.2 Å². The van der Waals surface area contributed by atoms with Crippen molar-refractivity contribution in [3.8, 4) is 0 Å². The third kappa shape index (κ3) is 2.96. The number of thioether (sulfide) groups is 1. The van der Waals surface area contributed by atoms with Crippen molar-refractivity contribution in [1.82, 2.24) is 5.32 Å². The van der Waals surface area contributed by atoms with E-state index >= 15 is 0 Å². The highest BCUT2D eigenvalue weighted by Crippen LogP contribution is 2.34. The minimum atomic E-state index is -0.290. The first kappa shape index (κ1) is 14.9. The normalized spacial score (nSPS) is 18.2. The second-order valence-corrected chi connectivity index (χ2v) is 6.82. The molecule has 1 saturated heterocycles. The molecule has 1 aliphatic heterocycles. The van der Waals surface area contributed by atoms with Crippen molar-refractivity contribution in [2.24, 2.45) is 0 Å². The Balaban J connectivity index is 2.41. The van der Waals surface area contributed by atoms with Crippen LogP contribution < -0.4 is 5.32 Å². The maximum Gasteiger partial charge on any atom is 0.290 e. The van der Waals surface area contributed by atoms with Crippen molar-refractivity contribution in [1.29, 1.82) is 0 Å². The lowest BCUT2D eigenvalue weighted by atomic mass is 9.86. The van der Waals surface area contributed by atoms with Crippen LogP contribution in [0, 0.1) is 0 Å². The van der Waals surface area contributed by atoms with E-state index in [0.717, 1.165) is 29.3 Å². The number of imide groups is 1. The molecule has 0 bridgehead atoms. The molecule has 2 amide bonds. The molecule has 106 valence electrons. The highest BCUT2D eigenvalue weighted by Gasteiger charge is 2.28. The number of hydrogen-bond donors (Lipinski definition) is 1. The maximum atomic E-state index is 11.8. The van der Waals surface area contributed by atoms with Gasteiger partial charge in [-0.25, -0.2) is 0 Å². The van der Waals surface area contributed by atoms with Crippen LogP contribution in [0.25, 0.3) is 5.57 Å². The van der Waals surface area contributed by atoms with E-state index in [-0.39, 0.29) is 16.6 Å². The van der Waals surface area contributed by atoms with E-state index in [9.17, 15) is 9.59 Å². The molecule has 1 aromatic rings. The molecule has 0 radical (unpaired) electrons. The Bertz CT molecular complexity index is 579. The zero-order chi connectivity index (χ0) is 14.9. The van der Waals surface area contributed by atoms with Gasteiger partial charge in [-0.05, 0) is 40.3 Å². The van der Waals surface area contributed by atoms with Crippen LogP contribution in [0.5, 0.6) is 0 Å². The SMILES string of the molecule is CC/C(=C1/SC(=O)NC1=O)c1ccc(C(C)(C)C)cc1. The van der Waals surface area contributed by atoms with E-state index in [1.165, 1.54) is 5.56 Å². The molecule has 0 aliphatic carbocycles. The molecular formula is C16H19NO2S. The summed E-state index contributed by atoms with van der Waals surface area (Å²) in [5.74, 6) is -0.281. The minimum absolute atomic E-state index is 0.105. The fraction of sp³-hybridized carbons (Fsp3) is 0.375. The van der Waals surface area contributed by atoms with Crippen LogP contribution in [0.15, 0.2) is 29.2 Å². The van der Waals surface area contributed by atoms with Gasteiger partial charge >= 0.3 is 0 Å². The Morgan fingerprint density at radius 3 is 2.15 bits per heavy atom. The summed E-state index contributed by atoms with van der Waals surface area (Å²) in [6.45, 7) is 8.50. The third-order valence-corrected chi connectivity index (χ3v) is 4.27. The number of carbonyl (C=O) groups is 2. The van der Waals surface area contributed by atoms with E-state index in [0.29, 0.717) is 4.91 Å². The highest BCUT2D eigenvalue weighted by atomic mass is 32.2. The van der Waals surface area contributed by atoms with Gasteiger partial charge in [-0.1, -0.05) is 52.0 Å². The van der Waals surface area contributed by atoms with Crippen LogP contribution in [-0.4, -0.2) is 11.1 Å². The Morgan fingerprint density at radius 2 is 1.75 bits per heavy atom. The Hall–Kier alpha value is -1.55. The predicted molar refractivity (Wildman–Crippen MR) is 83.5 cm³/mol. The standard InChI is InChI=1S/C16H19NO2S/c1-5-12(13-14(18)17-15(19)20-13)10-6-8-11(9-7-10)16(2,3)4/h6-9H,5H2,1-4H3,(H,17,18,19)/b13-12-. The smallest absolute Gasteiger partial charge is 0.282 e. The summed E-state index contributed by atoms with van der Waals surface area (Å²) in [6.07, 6.45) is 0.720. The van der Waals surface area contributed by atoms with Gasteiger partial charge in [0.25, 0.3) is 11.1 Å². The summed E-state index contributed by atoms with van der Waals surface area (Å²) in [6, 6.07) is 8.24. The molecule has 0 spiro atoms. The fourth-order valence-electron chi connectivity index (χ4n) is 2.18. The van der Waals surface area contributed by atoms with Crippen LogP contribution in [-0.2, 0) is 10.2 Å². The van der Waals surface area contributed by atoms with E-state index in [1.54, 1.807) is 0 Å². The number of amides is 2. The molecule has 2 rings (SSSR count). The molecule has 0 saturated carbocycles. The second kappa shape index (κ2) is 5.44. The van der Waals surface area contributed by atoms with Gasteiger partial charge < -0.3 is 0 Å². The first-order valence-corrected chi connectivity index (χ1v) is 7.52. The van der Waals surface area contributed by atoms with E-state index in [4.69, 9.17) is 0 Å². The average molecular weight is 289 g/mol. The lowest BCUT2D eigenvalue weighted by molar-refractivity contribution is -0.115. The van der Waals surface area contributed by atoms with Crippen molar-refractivity contribution < 1.29 is 9.59 Å². The number of hydrogen-bond acceptors (Lipinski definition) is 3. The molecule has 1 fully saturated rings. The van der Waals surface area contributed by atoms with Crippen LogP contribution in [0.3, 0.4) is 0 Å². The van der Waals surface area contributed by atoms with Gasteiger partial charge in [0.15, 0.2) is 0 Å². The molecule has 20 heavy (non-hydrogen) atoms. The first-order valence-electron chi connectivity index (χ1n) is 6.70. The van der Waals surface area contributed by atoms with Crippen molar-refractivity contribution in [2.75, 3.05) is 0 Å². The molecule has 4 heteroatoms. The van der Waals surface area contributed by atoms with Gasteiger partial charge in [-0.3, -0.25) is 14.9 Å². The molecule has 1 aromatic carbocycles. The van der Waals surface area contributed by atoms with Gasteiger partial charge in [0.1, 0.15) is 0 Å².